The van der Waals surface area contributed by atoms with Gasteiger partial charge in [-0.1, -0.05) is 35.0 Å². The number of hydrogen-bond acceptors (Lipinski definition) is 4. The molecule has 2 N–H and O–H groups in total. The number of thioether (sulfide) groups is 1. The second-order valence-corrected chi connectivity index (χ2v) is 7.89. The van der Waals surface area contributed by atoms with E-state index >= 15 is 0 Å². The number of carbonyl (C=O) groups excluding carboxylic acids is 2. The fraction of sp³-hybridized carbons (Fsp3) is 0.105. The van der Waals surface area contributed by atoms with Crippen molar-refractivity contribution < 1.29 is 14.0 Å². The third kappa shape index (κ3) is 3.99. The minimum atomic E-state index is -0.952. The summed E-state index contributed by atoms with van der Waals surface area (Å²) in [6.45, 7) is 0. The van der Waals surface area contributed by atoms with E-state index in [4.69, 9.17) is 28.9 Å². The Bertz CT molecular complexity index is 1030. The van der Waals surface area contributed by atoms with Gasteiger partial charge in [0.25, 0.3) is 5.91 Å². The minimum absolute atomic E-state index is 0.106. The summed E-state index contributed by atoms with van der Waals surface area (Å²) >= 11 is 13.2. The highest BCUT2D eigenvalue weighted by molar-refractivity contribution is 8.05. The molecule has 0 radical (unpaired) electrons. The van der Waals surface area contributed by atoms with Gasteiger partial charge >= 0.3 is 0 Å². The molecule has 2 aromatic carbocycles. The molecule has 3 rings (SSSR count). The second kappa shape index (κ2) is 8.23. The molecule has 1 atom stereocenters. The van der Waals surface area contributed by atoms with Gasteiger partial charge < -0.3 is 5.73 Å². The number of carbonyl (C=O) groups is 2. The van der Waals surface area contributed by atoms with Crippen LogP contribution in [0.25, 0.3) is 0 Å². The molecule has 0 bridgehead atoms. The molecular weight excluding hydrogens is 424 g/mol. The fourth-order valence-corrected chi connectivity index (χ4v) is 4.42. The Labute approximate surface area is 174 Å². The molecule has 2 aromatic rings. The maximum absolute atomic E-state index is 13.3. The van der Waals surface area contributed by atoms with Crippen LogP contribution in [0.2, 0.25) is 10.0 Å². The summed E-state index contributed by atoms with van der Waals surface area (Å²) in [6, 6.07) is 11.8. The van der Waals surface area contributed by atoms with Crippen molar-refractivity contribution in [3.05, 3.63) is 74.5 Å². The van der Waals surface area contributed by atoms with Crippen molar-refractivity contribution in [1.82, 2.24) is 0 Å². The normalized spacial score (nSPS) is 18.1. The minimum Gasteiger partial charge on any atom is -0.365 e. The molecule has 142 valence electrons. The van der Waals surface area contributed by atoms with Crippen LogP contribution < -0.4 is 10.6 Å². The zero-order chi connectivity index (χ0) is 20.4. The molecule has 0 aliphatic carbocycles. The largest absolute Gasteiger partial charge is 0.365 e. The molecule has 1 unspecified atom stereocenters. The summed E-state index contributed by atoms with van der Waals surface area (Å²) in [5.41, 5.74) is 5.94. The molecule has 5 nitrogen and oxygen atoms in total. The Balaban J connectivity index is 2.05. The van der Waals surface area contributed by atoms with E-state index in [2.05, 4.69) is 0 Å². The van der Waals surface area contributed by atoms with Crippen molar-refractivity contribution in [3.8, 4) is 6.07 Å². The first-order valence-electron chi connectivity index (χ1n) is 7.96. The lowest BCUT2D eigenvalue weighted by molar-refractivity contribution is -0.117. The van der Waals surface area contributed by atoms with Crippen molar-refractivity contribution >= 4 is 52.5 Å². The standard InChI is InChI=1S/C19H12Cl2FN3O2S/c20-11-1-6-15(21)10(7-11)8-16-18(27)25(13-4-2-12(22)3-5-13)19(28-16)14(9-23)17(24)26/h1-7,16H,8H2,(H2,24,26)/b19-14-. The van der Waals surface area contributed by atoms with Crippen molar-refractivity contribution in [1.29, 1.82) is 5.26 Å². The number of rotatable bonds is 4. The highest BCUT2D eigenvalue weighted by atomic mass is 35.5. The number of halogens is 3. The van der Waals surface area contributed by atoms with Gasteiger partial charge in [-0.3, -0.25) is 14.5 Å². The quantitative estimate of drug-likeness (QED) is 0.579. The maximum Gasteiger partial charge on any atom is 0.262 e. The lowest BCUT2D eigenvalue weighted by atomic mass is 10.1. The molecule has 0 aromatic heterocycles. The smallest absolute Gasteiger partial charge is 0.262 e. The van der Waals surface area contributed by atoms with Crippen LogP contribution in [-0.2, 0) is 16.0 Å². The number of benzene rings is 2. The van der Waals surface area contributed by atoms with Crippen LogP contribution >= 0.6 is 35.0 Å². The third-order valence-corrected chi connectivity index (χ3v) is 5.89. The summed E-state index contributed by atoms with van der Waals surface area (Å²) in [4.78, 5) is 26.0. The molecular formula is C19H12Cl2FN3O2S. The van der Waals surface area contributed by atoms with Crippen LogP contribution in [0.4, 0.5) is 10.1 Å². The van der Waals surface area contributed by atoms with Crippen LogP contribution in [0.1, 0.15) is 5.56 Å². The van der Waals surface area contributed by atoms with Crippen LogP contribution in [0.5, 0.6) is 0 Å². The predicted molar refractivity (Wildman–Crippen MR) is 107 cm³/mol. The molecule has 0 saturated carbocycles. The molecule has 1 heterocycles. The van der Waals surface area contributed by atoms with Gasteiger partial charge in [-0.2, -0.15) is 5.26 Å². The zero-order valence-electron chi connectivity index (χ0n) is 14.2. The van der Waals surface area contributed by atoms with E-state index in [1.54, 1.807) is 24.3 Å². The van der Waals surface area contributed by atoms with E-state index in [1.165, 1.54) is 29.2 Å². The Morgan fingerprint density at radius 1 is 1.25 bits per heavy atom. The Morgan fingerprint density at radius 3 is 2.54 bits per heavy atom. The summed E-state index contributed by atoms with van der Waals surface area (Å²) in [6.07, 6.45) is 0.224. The van der Waals surface area contributed by atoms with E-state index in [1.807, 2.05) is 0 Å². The number of nitrogens with two attached hydrogens (primary N) is 1. The molecule has 1 saturated heterocycles. The average molecular weight is 436 g/mol. The summed E-state index contributed by atoms with van der Waals surface area (Å²) < 4.78 is 13.3. The van der Waals surface area contributed by atoms with Crippen LogP contribution in [0.15, 0.2) is 53.1 Å². The van der Waals surface area contributed by atoms with Crippen molar-refractivity contribution in [2.75, 3.05) is 4.90 Å². The van der Waals surface area contributed by atoms with Gasteiger partial charge in [-0.15, -0.1) is 0 Å². The van der Waals surface area contributed by atoms with E-state index in [0.717, 1.165) is 11.8 Å². The van der Waals surface area contributed by atoms with E-state index < -0.39 is 17.0 Å². The number of nitrogens with zero attached hydrogens (tertiary/aromatic N) is 2. The van der Waals surface area contributed by atoms with Gasteiger partial charge in [-0.25, -0.2) is 4.39 Å². The summed E-state index contributed by atoms with van der Waals surface area (Å²) in [5.74, 6) is -1.81. The van der Waals surface area contributed by atoms with Crippen molar-refractivity contribution in [2.45, 2.75) is 11.7 Å². The summed E-state index contributed by atoms with van der Waals surface area (Å²) in [7, 11) is 0. The topological polar surface area (TPSA) is 87.2 Å². The number of primary amides is 1. The summed E-state index contributed by atoms with van der Waals surface area (Å²) in [5, 5.41) is 9.70. The van der Waals surface area contributed by atoms with Crippen LogP contribution in [0.3, 0.4) is 0 Å². The first kappa shape index (κ1) is 20.2. The van der Waals surface area contributed by atoms with Gasteiger partial charge in [0.1, 0.15) is 22.5 Å². The van der Waals surface area contributed by atoms with Gasteiger partial charge in [0.05, 0.1) is 5.25 Å². The van der Waals surface area contributed by atoms with E-state index in [0.29, 0.717) is 21.3 Å². The molecule has 1 fully saturated rings. The monoisotopic (exact) mass is 435 g/mol. The second-order valence-electron chi connectivity index (χ2n) is 5.85. The maximum atomic E-state index is 13.3. The first-order chi connectivity index (χ1) is 13.3. The van der Waals surface area contributed by atoms with Crippen molar-refractivity contribution in [3.63, 3.8) is 0 Å². The first-order valence-corrected chi connectivity index (χ1v) is 9.59. The van der Waals surface area contributed by atoms with Crippen LogP contribution in [-0.4, -0.2) is 17.1 Å². The molecule has 1 aliphatic rings. The number of amides is 2. The Morgan fingerprint density at radius 2 is 1.93 bits per heavy atom. The van der Waals surface area contributed by atoms with E-state index in [9.17, 15) is 19.2 Å². The molecule has 1 aliphatic heterocycles. The van der Waals surface area contributed by atoms with E-state index in [-0.39, 0.29) is 22.9 Å². The Hall–Kier alpha value is -2.53. The molecule has 28 heavy (non-hydrogen) atoms. The molecule has 2 amide bonds. The lowest BCUT2D eigenvalue weighted by Crippen LogP contribution is -2.31. The van der Waals surface area contributed by atoms with Gasteiger partial charge in [0, 0.05) is 15.7 Å². The lowest BCUT2D eigenvalue weighted by Gasteiger charge is -2.18. The number of anilines is 1. The number of hydrogen-bond donors (Lipinski definition) is 1. The predicted octanol–water partition coefficient (Wildman–Crippen LogP) is 4.04. The SMILES string of the molecule is N#C/C(C(N)=O)=C1/SC(Cc2cc(Cl)ccc2Cl)C(=O)N1c1ccc(F)cc1. The van der Waals surface area contributed by atoms with Gasteiger partial charge in [0.2, 0.25) is 5.91 Å². The van der Waals surface area contributed by atoms with Gasteiger partial charge in [0.15, 0.2) is 0 Å². The Kier molecular flexibility index (Phi) is 5.94. The molecule has 9 heteroatoms. The zero-order valence-corrected chi connectivity index (χ0v) is 16.5. The van der Waals surface area contributed by atoms with Crippen molar-refractivity contribution in [2.24, 2.45) is 5.73 Å². The highest BCUT2D eigenvalue weighted by Gasteiger charge is 2.40. The average Bonchev–Trinajstić information content (AvgIpc) is 2.95. The van der Waals surface area contributed by atoms with Gasteiger partial charge in [-0.05, 0) is 54.4 Å². The fourth-order valence-electron chi connectivity index (χ4n) is 2.72. The third-order valence-electron chi connectivity index (χ3n) is 4.02. The highest BCUT2D eigenvalue weighted by Crippen LogP contribution is 2.42. The molecule has 0 spiro atoms. The van der Waals surface area contributed by atoms with Crippen LogP contribution in [0, 0.1) is 17.1 Å². The number of nitriles is 1.